The molecule has 1 amide bonds. The number of aliphatic hydroxyl groups is 1. The molecule has 2 aromatic carbocycles. The van der Waals surface area contributed by atoms with Gasteiger partial charge in [-0.2, -0.15) is 0 Å². The molecule has 200 valence electrons. The van der Waals surface area contributed by atoms with E-state index in [1.54, 1.807) is 0 Å². The molecule has 2 N–H and O–H groups in total. The van der Waals surface area contributed by atoms with Crippen LogP contribution in [0.5, 0.6) is 0 Å². The zero-order valence-corrected chi connectivity index (χ0v) is 22.5. The summed E-state index contributed by atoms with van der Waals surface area (Å²) < 4.78 is 0. The van der Waals surface area contributed by atoms with E-state index in [4.69, 9.17) is 0 Å². The number of piperidine rings is 2. The maximum atomic E-state index is 13.4. The number of likely N-dealkylation sites (tertiary alicyclic amines) is 1. The molecule has 0 unspecified atom stereocenters. The second-order valence-electron chi connectivity index (χ2n) is 10.9. The number of aromatic nitrogens is 1. The maximum Gasteiger partial charge on any atom is 0.255 e. The topological polar surface area (TPSA) is 68.7 Å². The molecule has 0 aliphatic carbocycles. The lowest BCUT2D eigenvalue weighted by molar-refractivity contribution is 0.102. The van der Waals surface area contributed by atoms with E-state index in [0.717, 1.165) is 80.1 Å². The van der Waals surface area contributed by atoms with E-state index >= 15 is 0 Å². The highest BCUT2D eigenvalue weighted by molar-refractivity contribution is 6.06. The predicted octanol–water partition coefficient (Wildman–Crippen LogP) is 5.89. The Kier molecular flexibility index (Phi) is 8.72. The molecule has 2 fully saturated rings. The smallest absolute Gasteiger partial charge is 0.255 e. The van der Waals surface area contributed by atoms with Crippen molar-refractivity contribution >= 4 is 17.3 Å². The fraction of sp³-hybridized carbons (Fsp3) is 0.438. The number of carbonyl (C=O) groups excluding carboxylic acids is 1. The molecule has 6 nitrogen and oxygen atoms in total. The van der Waals surface area contributed by atoms with Crippen molar-refractivity contribution in [2.75, 3.05) is 43.0 Å². The van der Waals surface area contributed by atoms with Crippen molar-refractivity contribution in [2.45, 2.75) is 52.0 Å². The quantitative estimate of drug-likeness (QED) is 0.394. The van der Waals surface area contributed by atoms with Crippen molar-refractivity contribution in [2.24, 2.45) is 5.92 Å². The number of aryl methyl sites for hydroxylation is 1. The van der Waals surface area contributed by atoms with E-state index < -0.39 is 0 Å². The third-order valence-electron chi connectivity index (χ3n) is 8.00. The third-order valence-corrected chi connectivity index (χ3v) is 8.00. The number of hydrogen-bond acceptors (Lipinski definition) is 5. The van der Waals surface area contributed by atoms with Crippen LogP contribution < -0.4 is 10.2 Å². The summed E-state index contributed by atoms with van der Waals surface area (Å²) in [5.74, 6) is 0.528. The minimum atomic E-state index is -0.104. The number of pyridine rings is 1. The van der Waals surface area contributed by atoms with Gasteiger partial charge in [0.25, 0.3) is 5.91 Å². The average molecular weight is 513 g/mol. The van der Waals surface area contributed by atoms with E-state index in [-0.39, 0.29) is 12.5 Å². The van der Waals surface area contributed by atoms with Crippen LogP contribution in [0.3, 0.4) is 0 Å². The Labute approximate surface area is 226 Å². The van der Waals surface area contributed by atoms with Crippen LogP contribution in [0.1, 0.15) is 60.0 Å². The Balaban J connectivity index is 1.33. The van der Waals surface area contributed by atoms with Crippen LogP contribution in [-0.2, 0) is 6.54 Å². The molecule has 0 spiro atoms. The number of nitrogens with zero attached hydrogens (tertiary/aromatic N) is 3. The van der Waals surface area contributed by atoms with Gasteiger partial charge in [0.15, 0.2) is 0 Å². The highest BCUT2D eigenvalue weighted by Crippen LogP contribution is 2.33. The van der Waals surface area contributed by atoms with Crippen molar-refractivity contribution < 1.29 is 9.90 Å². The number of benzene rings is 2. The first-order valence-corrected chi connectivity index (χ1v) is 14.1. The number of amides is 1. The highest BCUT2D eigenvalue weighted by atomic mass is 16.3. The van der Waals surface area contributed by atoms with Gasteiger partial charge >= 0.3 is 0 Å². The Morgan fingerprint density at radius 1 is 1.00 bits per heavy atom. The number of aliphatic hydroxyl groups excluding tert-OH is 1. The van der Waals surface area contributed by atoms with Crippen molar-refractivity contribution in [3.63, 3.8) is 0 Å². The van der Waals surface area contributed by atoms with Gasteiger partial charge in [0.2, 0.25) is 0 Å². The Bertz CT molecular complexity index is 1230. The summed E-state index contributed by atoms with van der Waals surface area (Å²) in [7, 11) is 0. The summed E-state index contributed by atoms with van der Waals surface area (Å²) in [5, 5.41) is 12.4. The molecule has 0 atom stereocenters. The number of anilines is 2. The normalized spacial score (nSPS) is 16.9. The summed E-state index contributed by atoms with van der Waals surface area (Å²) in [6.07, 6.45) is 8.72. The molecule has 2 saturated heterocycles. The summed E-state index contributed by atoms with van der Waals surface area (Å²) in [4.78, 5) is 23.0. The van der Waals surface area contributed by atoms with Crippen LogP contribution in [0, 0.1) is 12.8 Å². The third kappa shape index (κ3) is 6.61. The van der Waals surface area contributed by atoms with Crippen molar-refractivity contribution in [1.29, 1.82) is 0 Å². The van der Waals surface area contributed by atoms with Gasteiger partial charge in [-0.15, -0.1) is 0 Å². The van der Waals surface area contributed by atoms with Gasteiger partial charge in [-0.3, -0.25) is 14.7 Å². The first kappa shape index (κ1) is 26.4. The molecule has 0 radical (unpaired) electrons. The number of hydrogen-bond donors (Lipinski definition) is 2. The lowest BCUT2D eigenvalue weighted by Crippen LogP contribution is -2.33. The Hall–Kier alpha value is -3.22. The molecule has 3 aromatic rings. The molecule has 2 aliphatic rings. The van der Waals surface area contributed by atoms with Crippen LogP contribution in [0.15, 0.2) is 60.8 Å². The standard InChI is InChI=1S/C32H40N4O2/c1-24-10-14-33-31(20-24)29-22-28(36-15-3-2-4-16-36)8-9-30(29)34-32(38)27-7-5-6-26(21-27)23-35-17-11-25(12-18-35)13-19-37/h5-10,14,20-22,25,37H,2-4,11-13,15-19,23H2,1H3,(H,34,38). The van der Waals surface area contributed by atoms with Gasteiger partial charge in [-0.1, -0.05) is 12.1 Å². The molecule has 0 saturated carbocycles. The van der Waals surface area contributed by atoms with E-state index in [9.17, 15) is 9.90 Å². The van der Waals surface area contributed by atoms with Crippen LogP contribution >= 0.6 is 0 Å². The summed E-state index contributed by atoms with van der Waals surface area (Å²) >= 11 is 0. The van der Waals surface area contributed by atoms with Crippen LogP contribution in [-0.4, -0.2) is 53.7 Å². The lowest BCUT2D eigenvalue weighted by atomic mass is 9.93. The number of nitrogens with one attached hydrogen (secondary N) is 1. The van der Waals surface area contributed by atoms with Gasteiger partial charge in [-0.05, 0) is 118 Å². The van der Waals surface area contributed by atoms with Gasteiger partial charge in [0, 0.05) is 49.3 Å². The maximum absolute atomic E-state index is 13.4. The molecule has 38 heavy (non-hydrogen) atoms. The second kappa shape index (κ2) is 12.5. The minimum absolute atomic E-state index is 0.104. The SMILES string of the molecule is Cc1ccnc(-c2cc(N3CCCCC3)ccc2NC(=O)c2cccc(CN3CCC(CCO)CC3)c2)c1. The molecule has 2 aliphatic heterocycles. The number of carbonyl (C=O) groups is 1. The van der Waals surface area contributed by atoms with E-state index in [1.807, 2.05) is 36.5 Å². The molecule has 6 heteroatoms. The molecule has 0 bridgehead atoms. The van der Waals surface area contributed by atoms with Gasteiger partial charge in [0.1, 0.15) is 0 Å². The molecule has 3 heterocycles. The summed E-state index contributed by atoms with van der Waals surface area (Å²) in [6, 6.07) is 18.4. The van der Waals surface area contributed by atoms with E-state index in [2.05, 4.69) is 51.3 Å². The molecule has 5 rings (SSSR count). The Morgan fingerprint density at radius 2 is 1.82 bits per heavy atom. The van der Waals surface area contributed by atoms with Crippen LogP contribution in [0.25, 0.3) is 11.3 Å². The molecule has 1 aromatic heterocycles. The van der Waals surface area contributed by atoms with E-state index in [0.29, 0.717) is 11.5 Å². The fourth-order valence-corrected chi connectivity index (χ4v) is 5.76. The average Bonchev–Trinajstić information content (AvgIpc) is 2.95. The Morgan fingerprint density at radius 3 is 2.58 bits per heavy atom. The predicted molar refractivity (Wildman–Crippen MR) is 155 cm³/mol. The van der Waals surface area contributed by atoms with Crippen molar-refractivity contribution in [3.05, 3.63) is 77.5 Å². The monoisotopic (exact) mass is 512 g/mol. The largest absolute Gasteiger partial charge is 0.396 e. The fourth-order valence-electron chi connectivity index (χ4n) is 5.76. The zero-order chi connectivity index (χ0) is 26.3. The van der Waals surface area contributed by atoms with Gasteiger partial charge < -0.3 is 15.3 Å². The first-order chi connectivity index (χ1) is 18.6. The first-order valence-electron chi connectivity index (χ1n) is 14.1. The summed E-state index contributed by atoms with van der Waals surface area (Å²) in [6.45, 7) is 7.41. The summed E-state index contributed by atoms with van der Waals surface area (Å²) in [5.41, 5.74) is 6.75. The van der Waals surface area contributed by atoms with Crippen molar-refractivity contribution in [3.8, 4) is 11.3 Å². The molecular formula is C32H40N4O2. The van der Waals surface area contributed by atoms with Crippen LogP contribution in [0.2, 0.25) is 0 Å². The van der Waals surface area contributed by atoms with Gasteiger partial charge in [-0.25, -0.2) is 0 Å². The zero-order valence-electron chi connectivity index (χ0n) is 22.5. The van der Waals surface area contributed by atoms with E-state index in [1.165, 1.54) is 24.9 Å². The van der Waals surface area contributed by atoms with Crippen molar-refractivity contribution in [1.82, 2.24) is 9.88 Å². The second-order valence-corrected chi connectivity index (χ2v) is 10.9. The lowest BCUT2D eigenvalue weighted by Gasteiger charge is -2.31. The molecular weight excluding hydrogens is 472 g/mol. The number of rotatable bonds is 8. The minimum Gasteiger partial charge on any atom is -0.396 e. The van der Waals surface area contributed by atoms with Crippen LogP contribution in [0.4, 0.5) is 11.4 Å². The highest BCUT2D eigenvalue weighted by Gasteiger charge is 2.20. The van der Waals surface area contributed by atoms with Gasteiger partial charge in [0.05, 0.1) is 11.4 Å².